The lowest BCUT2D eigenvalue weighted by Gasteiger charge is -2.14. The van der Waals surface area contributed by atoms with Gasteiger partial charge in [-0.05, 0) is 37.1 Å². The Balaban J connectivity index is 0.000000330. The minimum atomic E-state index is -4.00. The van der Waals surface area contributed by atoms with Crippen molar-refractivity contribution < 1.29 is 32.7 Å². The summed E-state index contributed by atoms with van der Waals surface area (Å²) in [5.74, 6) is -0.390. The van der Waals surface area contributed by atoms with Crippen LogP contribution in [0.5, 0.6) is 0 Å². The van der Waals surface area contributed by atoms with E-state index in [0.717, 1.165) is 0 Å². The molecule has 2 aromatic rings. The summed E-state index contributed by atoms with van der Waals surface area (Å²) in [6.07, 6.45) is 0.143. The maximum absolute atomic E-state index is 11.6. The van der Waals surface area contributed by atoms with Crippen LogP contribution >= 0.6 is 0 Å². The molecule has 2 unspecified atom stereocenters. The molecule has 8 heteroatoms. The summed E-state index contributed by atoms with van der Waals surface area (Å²) in [7, 11) is -4.00. The smallest absolute Gasteiger partial charge is 0.338 e. The molecule has 0 aromatic heterocycles. The van der Waals surface area contributed by atoms with Crippen molar-refractivity contribution >= 4 is 16.1 Å². The molecule has 28 heavy (non-hydrogen) atoms. The molecule has 2 aromatic carbocycles. The Morgan fingerprint density at radius 1 is 0.964 bits per heavy atom. The summed E-state index contributed by atoms with van der Waals surface area (Å²) in [5.41, 5.74) is 0.501. The molecule has 0 amide bonds. The molecule has 0 saturated heterocycles. The van der Waals surface area contributed by atoms with E-state index in [9.17, 15) is 23.4 Å². The van der Waals surface area contributed by atoms with Gasteiger partial charge in [-0.2, -0.15) is 8.42 Å². The second-order valence-electron chi connectivity index (χ2n) is 6.03. The van der Waals surface area contributed by atoms with E-state index in [-0.39, 0.29) is 17.5 Å². The van der Waals surface area contributed by atoms with Gasteiger partial charge in [-0.15, -0.1) is 0 Å². The largest absolute Gasteiger partial charge is 0.462 e. The van der Waals surface area contributed by atoms with Gasteiger partial charge >= 0.3 is 5.97 Å². The molecule has 7 nitrogen and oxygen atoms in total. The summed E-state index contributed by atoms with van der Waals surface area (Å²) in [6.45, 7) is 2.01. The van der Waals surface area contributed by atoms with E-state index < -0.39 is 22.3 Å². The van der Waals surface area contributed by atoms with Gasteiger partial charge in [-0.1, -0.05) is 43.3 Å². The van der Waals surface area contributed by atoms with Crippen LogP contribution in [-0.4, -0.2) is 48.0 Å². The first-order valence-corrected chi connectivity index (χ1v) is 10.3. The molecule has 0 heterocycles. The topological polar surface area (TPSA) is 121 Å². The monoisotopic (exact) mass is 410 g/mol. The summed E-state index contributed by atoms with van der Waals surface area (Å²) in [4.78, 5) is 11.5. The minimum Gasteiger partial charge on any atom is -0.462 e. The van der Waals surface area contributed by atoms with Gasteiger partial charge in [0, 0.05) is 6.42 Å². The van der Waals surface area contributed by atoms with Gasteiger partial charge in [-0.3, -0.25) is 4.55 Å². The SMILES string of the molecule is CCC(O)CC(O)CCOC(=O)c1ccccc1.O=S(=O)(O)c1ccccc1. The summed E-state index contributed by atoms with van der Waals surface area (Å²) in [5, 5.41) is 18.9. The lowest BCUT2D eigenvalue weighted by Crippen LogP contribution is -2.19. The van der Waals surface area contributed by atoms with Crippen LogP contribution in [0.2, 0.25) is 0 Å². The molecule has 0 radical (unpaired) electrons. The van der Waals surface area contributed by atoms with Crippen molar-refractivity contribution in [3.05, 3.63) is 66.2 Å². The maximum atomic E-state index is 11.6. The molecular weight excluding hydrogens is 384 g/mol. The molecule has 3 N–H and O–H groups in total. The second kappa shape index (κ2) is 12.2. The maximum Gasteiger partial charge on any atom is 0.338 e. The van der Waals surface area contributed by atoms with Gasteiger partial charge in [0.2, 0.25) is 0 Å². The highest BCUT2D eigenvalue weighted by Crippen LogP contribution is 2.07. The predicted octanol–water partition coefficient (Wildman–Crippen LogP) is 2.69. The third-order valence-electron chi connectivity index (χ3n) is 3.75. The first-order chi connectivity index (χ1) is 13.2. The van der Waals surface area contributed by atoms with Crippen molar-refractivity contribution in [2.24, 2.45) is 0 Å². The number of esters is 1. The molecule has 0 saturated carbocycles. The Hall–Kier alpha value is -2.26. The highest BCUT2D eigenvalue weighted by Gasteiger charge is 2.12. The highest BCUT2D eigenvalue weighted by molar-refractivity contribution is 7.85. The van der Waals surface area contributed by atoms with Crippen molar-refractivity contribution in [1.29, 1.82) is 0 Å². The Kier molecular flexibility index (Phi) is 10.4. The summed E-state index contributed by atoms with van der Waals surface area (Å²) >= 11 is 0. The van der Waals surface area contributed by atoms with E-state index in [4.69, 9.17) is 9.29 Å². The van der Waals surface area contributed by atoms with Crippen molar-refractivity contribution in [3.63, 3.8) is 0 Å². The van der Waals surface area contributed by atoms with Gasteiger partial charge in [0.25, 0.3) is 10.1 Å². The zero-order valence-electron chi connectivity index (χ0n) is 15.6. The van der Waals surface area contributed by atoms with Crippen LogP contribution in [0, 0.1) is 0 Å². The van der Waals surface area contributed by atoms with E-state index in [1.54, 1.807) is 42.5 Å². The molecular formula is C20H26O7S. The Labute approximate surface area is 165 Å². The van der Waals surface area contributed by atoms with Gasteiger partial charge in [0.1, 0.15) is 0 Å². The molecule has 0 fully saturated rings. The van der Waals surface area contributed by atoms with Crippen molar-refractivity contribution in [3.8, 4) is 0 Å². The van der Waals surface area contributed by atoms with Crippen LogP contribution in [0.4, 0.5) is 0 Å². The number of carbonyl (C=O) groups is 1. The fourth-order valence-electron chi connectivity index (χ4n) is 2.14. The van der Waals surface area contributed by atoms with Crippen LogP contribution < -0.4 is 0 Å². The van der Waals surface area contributed by atoms with Crippen molar-refractivity contribution in [2.45, 2.75) is 43.3 Å². The molecule has 154 valence electrons. The van der Waals surface area contributed by atoms with Crippen LogP contribution in [0.15, 0.2) is 65.6 Å². The standard InChI is InChI=1S/C14H20O4.C6H6O3S/c1-2-12(15)10-13(16)8-9-18-14(17)11-6-4-3-5-7-11;7-10(8,9)6-4-2-1-3-5-6/h3-7,12-13,15-16H,2,8-10H2,1H3;1-5H,(H,7,8,9). The Morgan fingerprint density at radius 3 is 1.96 bits per heavy atom. The highest BCUT2D eigenvalue weighted by atomic mass is 32.2. The lowest BCUT2D eigenvalue weighted by molar-refractivity contribution is 0.0342. The number of hydrogen-bond acceptors (Lipinski definition) is 6. The lowest BCUT2D eigenvalue weighted by atomic mass is 10.1. The molecule has 0 aliphatic rings. The summed E-state index contributed by atoms with van der Waals surface area (Å²) in [6, 6.07) is 16.1. The van der Waals surface area contributed by atoms with E-state index in [0.29, 0.717) is 24.8 Å². The minimum absolute atomic E-state index is 0.0741. The van der Waals surface area contributed by atoms with Gasteiger partial charge in [-0.25, -0.2) is 4.79 Å². The zero-order valence-corrected chi connectivity index (χ0v) is 16.5. The molecule has 0 bridgehead atoms. The quantitative estimate of drug-likeness (QED) is 0.452. The number of benzene rings is 2. The molecule has 0 spiro atoms. The van der Waals surface area contributed by atoms with Crippen LogP contribution in [0.25, 0.3) is 0 Å². The zero-order chi connectivity index (χ0) is 21.0. The van der Waals surface area contributed by atoms with Crippen LogP contribution in [0.1, 0.15) is 36.5 Å². The van der Waals surface area contributed by atoms with Gasteiger partial charge in [0.05, 0.1) is 29.3 Å². The Morgan fingerprint density at radius 2 is 1.50 bits per heavy atom. The number of carbonyl (C=O) groups excluding carboxylic acids is 1. The fourth-order valence-corrected chi connectivity index (χ4v) is 2.64. The summed E-state index contributed by atoms with van der Waals surface area (Å²) < 4.78 is 34.3. The van der Waals surface area contributed by atoms with Crippen LogP contribution in [0.3, 0.4) is 0 Å². The first kappa shape index (κ1) is 23.8. The predicted molar refractivity (Wildman–Crippen MR) is 105 cm³/mol. The third-order valence-corrected chi connectivity index (χ3v) is 4.62. The molecule has 2 rings (SSSR count). The normalized spacial score (nSPS) is 13.0. The van der Waals surface area contributed by atoms with Gasteiger partial charge < -0.3 is 14.9 Å². The fraction of sp³-hybridized carbons (Fsp3) is 0.350. The van der Waals surface area contributed by atoms with E-state index in [1.807, 2.05) is 13.0 Å². The number of aliphatic hydroxyl groups excluding tert-OH is 2. The van der Waals surface area contributed by atoms with Crippen LogP contribution in [-0.2, 0) is 14.9 Å². The average Bonchev–Trinajstić information content (AvgIpc) is 2.69. The van der Waals surface area contributed by atoms with Gasteiger partial charge in [0.15, 0.2) is 0 Å². The molecule has 0 aliphatic carbocycles. The molecule has 2 atom stereocenters. The molecule has 0 aliphatic heterocycles. The number of rotatable bonds is 8. The van der Waals surface area contributed by atoms with E-state index in [2.05, 4.69) is 0 Å². The number of aliphatic hydroxyl groups is 2. The second-order valence-corrected chi connectivity index (χ2v) is 7.45. The first-order valence-electron chi connectivity index (χ1n) is 8.84. The average molecular weight is 410 g/mol. The van der Waals surface area contributed by atoms with E-state index in [1.165, 1.54) is 12.1 Å². The number of ether oxygens (including phenoxy) is 1. The number of hydrogen-bond donors (Lipinski definition) is 3. The third kappa shape index (κ3) is 9.61. The van der Waals surface area contributed by atoms with Crippen molar-refractivity contribution in [1.82, 2.24) is 0 Å². The van der Waals surface area contributed by atoms with E-state index >= 15 is 0 Å². The Bertz CT molecular complexity index is 792. The van der Waals surface area contributed by atoms with Crippen molar-refractivity contribution in [2.75, 3.05) is 6.61 Å².